The minimum Gasteiger partial charge on any atom is -0.351 e. The lowest BCUT2D eigenvalue weighted by Crippen LogP contribution is -2.53. The molecule has 1 aromatic carbocycles. The monoisotopic (exact) mass is 440 g/mol. The molecule has 1 saturated heterocycles. The van der Waals surface area contributed by atoms with E-state index in [1.54, 1.807) is 4.90 Å². The van der Waals surface area contributed by atoms with Gasteiger partial charge in [0.25, 0.3) is 5.91 Å². The lowest BCUT2D eigenvalue weighted by molar-refractivity contribution is -0.138. The van der Waals surface area contributed by atoms with Crippen molar-refractivity contribution in [1.82, 2.24) is 15.5 Å². The smallest absolute Gasteiger partial charge is 0.351 e. The molecule has 10 heteroatoms. The number of hydrogen-bond donors (Lipinski definition) is 3. The molecule has 3 atom stereocenters. The van der Waals surface area contributed by atoms with E-state index in [2.05, 4.69) is 10.6 Å². The summed E-state index contributed by atoms with van der Waals surface area (Å²) >= 11 is 0. The Morgan fingerprint density at radius 1 is 1.13 bits per heavy atom. The first kappa shape index (κ1) is 23.1. The first-order valence-electron chi connectivity index (χ1n) is 10.4. The number of likely N-dealkylation sites (tertiary alicyclic amines) is 1. The molecule has 1 aromatic rings. The second-order valence-corrected chi connectivity index (χ2v) is 8.15. The van der Waals surface area contributed by atoms with Gasteiger partial charge < -0.3 is 21.3 Å². The van der Waals surface area contributed by atoms with Gasteiger partial charge in [-0.3, -0.25) is 14.4 Å². The summed E-state index contributed by atoms with van der Waals surface area (Å²) in [5.41, 5.74) is 4.91. The van der Waals surface area contributed by atoms with Crippen LogP contribution in [0.4, 0.5) is 13.2 Å². The number of benzene rings is 1. The Kier molecular flexibility index (Phi) is 7.19. The van der Waals surface area contributed by atoms with E-state index in [9.17, 15) is 27.6 Å². The molecule has 3 rings (SSSR count). The summed E-state index contributed by atoms with van der Waals surface area (Å²) in [4.78, 5) is 39.2. The van der Waals surface area contributed by atoms with Gasteiger partial charge in [0.2, 0.25) is 11.8 Å². The first-order valence-corrected chi connectivity index (χ1v) is 10.4. The Labute approximate surface area is 178 Å². The molecule has 0 spiro atoms. The Balaban J connectivity index is 1.56. The molecule has 7 nitrogen and oxygen atoms in total. The van der Waals surface area contributed by atoms with Crippen molar-refractivity contribution < 1.29 is 27.6 Å². The molecule has 1 saturated carbocycles. The zero-order chi connectivity index (χ0) is 22.6. The van der Waals surface area contributed by atoms with E-state index < -0.39 is 36.0 Å². The maximum atomic E-state index is 12.9. The van der Waals surface area contributed by atoms with Gasteiger partial charge in [-0.05, 0) is 50.3 Å². The van der Waals surface area contributed by atoms with Crippen molar-refractivity contribution in [3.05, 3.63) is 35.4 Å². The number of alkyl halides is 3. The summed E-state index contributed by atoms with van der Waals surface area (Å²) < 4.78 is 38.4. The highest BCUT2D eigenvalue weighted by Gasteiger charge is 2.38. The summed E-state index contributed by atoms with van der Waals surface area (Å²) in [5, 5.41) is 5.14. The van der Waals surface area contributed by atoms with E-state index in [1.807, 2.05) is 0 Å². The fraction of sp³-hybridized carbons (Fsp3) is 0.571. The van der Waals surface area contributed by atoms with Crippen molar-refractivity contribution in [2.24, 2.45) is 11.7 Å². The second kappa shape index (κ2) is 9.67. The molecule has 1 aliphatic carbocycles. The summed E-state index contributed by atoms with van der Waals surface area (Å²) in [6.45, 7) is 1.01. The standard InChI is InChI=1S/C21H27F3N4O3/c22-21(23,24)14-5-3-4-13(10-14)19(30)26-12-18(29)27-17-7-6-15(25)11-16(17)20(31)28-8-1-2-9-28/h3-5,10,15-17H,1-2,6-9,11-12,25H2,(H,26,30)(H,27,29)/t15-,16-,17-/m1/s1. The second-order valence-electron chi connectivity index (χ2n) is 8.15. The molecule has 0 radical (unpaired) electrons. The number of rotatable bonds is 5. The maximum Gasteiger partial charge on any atom is 0.416 e. The topological polar surface area (TPSA) is 105 Å². The number of nitrogens with two attached hydrogens (primary N) is 1. The molecule has 0 unspecified atom stereocenters. The van der Waals surface area contributed by atoms with Gasteiger partial charge >= 0.3 is 6.18 Å². The van der Waals surface area contributed by atoms with Gasteiger partial charge in [0.15, 0.2) is 0 Å². The SMILES string of the molecule is N[C@@H]1CC[C@@H](NC(=O)CNC(=O)c2cccc(C(F)(F)F)c2)[C@H](C(=O)N2CCCC2)C1. The molecule has 0 bridgehead atoms. The molecule has 2 aliphatic rings. The van der Waals surface area contributed by atoms with Crippen molar-refractivity contribution in [2.45, 2.75) is 50.4 Å². The molecule has 2 fully saturated rings. The number of amides is 3. The molecule has 170 valence electrons. The highest BCUT2D eigenvalue weighted by molar-refractivity contribution is 5.96. The van der Waals surface area contributed by atoms with E-state index in [-0.39, 0.29) is 23.6 Å². The van der Waals surface area contributed by atoms with Crippen LogP contribution in [-0.4, -0.2) is 54.3 Å². The zero-order valence-electron chi connectivity index (χ0n) is 17.1. The molecule has 1 aliphatic heterocycles. The fourth-order valence-corrected chi connectivity index (χ4v) is 4.18. The third-order valence-electron chi connectivity index (χ3n) is 5.83. The summed E-state index contributed by atoms with van der Waals surface area (Å²) in [5.74, 6) is -1.70. The summed E-state index contributed by atoms with van der Waals surface area (Å²) in [6.07, 6.45) is -0.931. The van der Waals surface area contributed by atoms with Crippen molar-refractivity contribution in [2.75, 3.05) is 19.6 Å². The number of halogens is 3. The molecule has 31 heavy (non-hydrogen) atoms. The van der Waals surface area contributed by atoms with Gasteiger partial charge in [-0.2, -0.15) is 13.2 Å². The number of carbonyl (C=O) groups excluding carboxylic acids is 3. The van der Waals surface area contributed by atoms with Crippen LogP contribution in [0.3, 0.4) is 0 Å². The number of nitrogens with one attached hydrogen (secondary N) is 2. The van der Waals surface area contributed by atoms with E-state index in [0.717, 1.165) is 31.0 Å². The molecule has 4 N–H and O–H groups in total. The zero-order valence-corrected chi connectivity index (χ0v) is 17.1. The number of carbonyl (C=O) groups is 3. The van der Waals surface area contributed by atoms with Crippen molar-refractivity contribution in [3.8, 4) is 0 Å². The highest BCUT2D eigenvalue weighted by atomic mass is 19.4. The van der Waals surface area contributed by atoms with E-state index in [4.69, 9.17) is 5.73 Å². The van der Waals surface area contributed by atoms with Crippen LogP contribution in [0.25, 0.3) is 0 Å². The molecule has 3 amide bonds. The molecule has 1 heterocycles. The van der Waals surface area contributed by atoms with Crippen molar-refractivity contribution in [3.63, 3.8) is 0 Å². The normalized spacial score (nSPS) is 24.0. The lowest BCUT2D eigenvalue weighted by Gasteiger charge is -2.36. The van der Waals surface area contributed by atoms with Gasteiger partial charge in [0, 0.05) is 30.7 Å². The Morgan fingerprint density at radius 2 is 1.84 bits per heavy atom. The number of hydrogen-bond acceptors (Lipinski definition) is 4. The molecular weight excluding hydrogens is 413 g/mol. The third-order valence-corrected chi connectivity index (χ3v) is 5.83. The summed E-state index contributed by atoms with van der Waals surface area (Å²) in [6, 6.07) is 3.50. The largest absolute Gasteiger partial charge is 0.416 e. The molecule has 0 aromatic heterocycles. The van der Waals surface area contributed by atoms with Crippen LogP contribution >= 0.6 is 0 Å². The predicted octanol–water partition coefficient (Wildman–Crippen LogP) is 1.67. The van der Waals surface area contributed by atoms with Crippen LogP contribution in [0.5, 0.6) is 0 Å². The average molecular weight is 440 g/mol. The van der Waals surface area contributed by atoms with Gasteiger partial charge in [0.1, 0.15) is 0 Å². The van der Waals surface area contributed by atoms with E-state index >= 15 is 0 Å². The maximum absolute atomic E-state index is 12.9. The van der Waals surface area contributed by atoms with Crippen LogP contribution < -0.4 is 16.4 Å². The van der Waals surface area contributed by atoms with Crippen LogP contribution in [-0.2, 0) is 15.8 Å². The molecular formula is C21H27F3N4O3. The van der Waals surface area contributed by atoms with Gasteiger partial charge in [-0.25, -0.2) is 0 Å². The third kappa shape index (κ3) is 5.96. The van der Waals surface area contributed by atoms with Gasteiger partial charge in [0.05, 0.1) is 18.0 Å². The Morgan fingerprint density at radius 3 is 2.52 bits per heavy atom. The fourth-order valence-electron chi connectivity index (χ4n) is 4.18. The predicted molar refractivity (Wildman–Crippen MR) is 107 cm³/mol. The number of nitrogens with zero attached hydrogens (tertiary/aromatic N) is 1. The van der Waals surface area contributed by atoms with E-state index in [1.165, 1.54) is 6.07 Å². The Bertz CT molecular complexity index is 824. The summed E-state index contributed by atoms with van der Waals surface area (Å²) in [7, 11) is 0. The van der Waals surface area contributed by atoms with Crippen molar-refractivity contribution in [1.29, 1.82) is 0 Å². The minimum absolute atomic E-state index is 0.00838. The highest BCUT2D eigenvalue weighted by Crippen LogP contribution is 2.29. The first-order chi connectivity index (χ1) is 14.6. The van der Waals surface area contributed by atoms with Gasteiger partial charge in [-0.1, -0.05) is 6.07 Å². The Hall–Kier alpha value is -2.62. The van der Waals surface area contributed by atoms with Gasteiger partial charge in [-0.15, -0.1) is 0 Å². The van der Waals surface area contributed by atoms with Crippen LogP contribution in [0.2, 0.25) is 0 Å². The minimum atomic E-state index is -4.56. The van der Waals surface area contributed by atoms with E-state index in [0.29, 0.717) is 32.4 Å². The van der Waals surface area contributed by atoms with Crippen LogP contribution in [0.15, 0.2) is 24.3 Å². The van der Waals surface area contributed by atoms with Crippen LogP contribution in [0.1, 0.15) is 48.0 Å². The lowest BCUT2D eigenvalue weighted by atomic mass is 9.81. The quantitative estimate of drug-likeness (QED) is 0.648. The van der Waals surface area contributed by atoms with Crippen molar-refractivity contribution >= 4 is 17.7 Å². The average Bonchev–Trinajstić information content (AvgIpc) is 3.27. The van der Waals surface area contributed by atoms with Crippen LogP contribution in [0, 0.1) is 5.92 Å².